The fourth-order valence-electron chi connectivity index (χ4n) is 2.14. The maximum Gasteiger partial charge on any atom is 0.100 e. The number of rotatable bonds is 2. The molecular formula is C17H10Br2N2. The van der Waals surface area contributed by atoms with Gasteiger partial charge in [0, 0.05) is 20.3 Å². The molecule has 0 aliphatic heterocycles. The quantitative estimate of drug-likeness (QED) is 0.573. The number of nitrogens with zero attached hydrogens (tertiary/aromatic N) is 1. The summed E-state index contributed by atoms with van der Waals surface area (Å²) in [7, 11) is 0. The molecule has 0 bridgehead atoms. The Morgan fingerprint density at radius 3 is 2.24 bits per heavy atom. The molecule has 0 radical (unpaired) electrons. The van der Waals surface area contributed by atoms with Crippen molar-refractivity contribution in [2.45, 2.75) is 0 Å². The number of nitriles is 1. The number of halogens is 2. The zero-order valence-corrected chi connectivity index (χ0v) is 14.1. The van der Waals surface area contributed by atoms with Crippen LogP contribution >= 0.6 is 31.9 Å². The summed E-state index contributed by atoms with van der Waals surface area (Å²) in [5.74, 6) is 0. The largest absolute Gasteiger partial charge is 0.355 e. The van der Waals surface area contributed by atoms with Gasteiger partial charge in [0.25, 0.3) is 0 Å². The normalized spacial score (nSPS) is 10.3. The van der Waals surface area contributed by atoms with E-state index in [-0.39, 0.29) is 0 Å². The van der Waals surface area contributed by atoms with E-state index < -0.39 is 0 Å². The fraction of sp³-hybridized carbons (Fsp3) is 0. The molecule has 4 heteroatoms. The van der Waals surface area contributed by atoms with Crippen molar-refractivity contribution >= 4 is 54.0 Å². The van der Waals surface area contributed by atoms with E-state index in [0.717, 1.165) is 20.3 Å². The van der Waals surface area contributed by atoms with E-state index in [1.807, 2.05) is 24.3 Å². The van der Waals surface area contributed by atoms with Crippen LogP contribution in [0.3, 0.4) is 0 Å². The maximum absolute atomic E-state index is 8.94. The molecule has 0 aliphatic carbocycles. The molecule has 0 aliphatic rings. The summed E-state index contributed by atoms with van der Waals surface area (Å²) in [4.78, 5) is 0. The lowest BCUT2D eigenvalue weighted by Gasteiger charge is -2.09. The predicted octanol–water partition coefficient (Wildman–Crippen LogP) is 5.98. The van der Waals surface area contributed by atoms with Gasteiger partial charge in [-0.05, 0) is 69.2 Å². The molecule has 0 spiro atoms. The van der Waals surface area contributed by atoms with Gasteiger partial charge in [0.1, 0.15) is 6.07 Å². The van der Waals surface area contributed by atoms with Gasteiger partial charge >= 0.3 is 0 Å². The molecule has 0 atom stereocenters. The second-order valence-corrected chi connectivity index (χ2v) is 6.41. The van der Waals surface area contributed by atoms with Gasteiger partial charge in [-0.25, -0.2) is 0 Å². The van der Waals surface area contributed by atoms with E-state index >= 15 is 0 Å². The van der Waals surface area contributed by atoms with E-state index in [0.29, 0.717) is 5.56 Å². The van der Waals surface area contributed by atoms with Gasteiger partial charge in [-0.2, -0.15) is 5.26 Å². The van der Waals surface area contributed by atoms with Crippen molar-refractivity contribution < 1.29 is 0 Å². The highest BCUT2D eigenvalue weighted by molar-refractivity contribution is 9.10. The summed E-state index contributed by atoms with van der Waals surface area (Å²) >= 11 is 6.88. The van der Waals surface area contributed by atoms with E-state index in [1.54, 1.807) is 6.07 Å². The van der Waals surface area contributed by atoms with E-state index in [2.05, 4.69) is 67.5 Å². The van der Waals surface area contributed by atoms with E-state index in [1.165, 1.54) is 10.8 Å². The molecule has 1 N–H and O–H groups in total. The third-order valence-electron chi connectivity index (χ3n) is 3.18. The van der Waals surface area contributed by atoms with Crippen molar-refractivity contribution in [1.82, 2.24) is 0 Å². The fourth-order valence-corrected chi connectivity index (χ4v) is 2.99. The molecule has 0 fully saturated rings. The van der Waals surface area contributed by atoms with Crippen LogP contribution in [0.15, 0.2) is 63.5 Å². The average molecular weight is 402 g/mol. The van der Waals surface area contributed by atoms with E-state index in [4.69, 9.17) is 5.26 Å². The minimum atomic E-state index is 0.629. The predicted molar refractivity (Wildman–Crippen MR) is 93.8 cm³/mol. The summed E-state index contributed by atoms with van der Waals surface area (Å²) < 4.78 is 1.87. The Bertz CT molecular complexity index is 866. The van der Waals surface area contributed by atoms with Crippen LogP contribution in [-0.4, -0.2) is 0 Å². The first-order chi connectivity index (χ1) is 10.2. The highest BCUT2D eigenvalue weighted by Gasteiger charge is 2.02. The van der Waals surface area contributed by atoms with Gasteiger partial charge in [-0.3, -0.25) is 0 Å². The summed E-state index contributed by atoms with van der Waals surface area (Å²) in [6, 6.07) is 20.2. The number of benzene rings is 3. The number of anilines is 2. The Morgan fingerprint density at radius 1 is 0.810 bits per heavy atom. The number of hydrogen-bond donors (Lipinski definition) is 1. The molecule has 0 unspecified atom stereocenters. The highest BCUT2D eigenvalue weighted by atomic mass is 79.9. The lowest BCUT2D eigenvalue weighted by molar-refractivity contribution is 1.46. The molecule has 3 rings (SSSR count). The third-order valence-corrected chi connectivity index (χ3v) is 4.33. The first kappa shape index (κ1) is 14.1. The summed E-state index contributed by atoms with van der Waals surface area (Å²) in [6.45, 7) is 0. The lowest BCUT2D eigenvalue weighted by Crippen LogP contribution is -1.91. The number of fused-ring (bicyclic) bond motifs is 1. The van der Waals surface area contributed by atoms with Gasteiger partial charge in [0.15, 0.2) is 0 Å². The molecule has 0 saturated carbocycles. The molecule has 102 valence electrons. The Hall–Kier alpha value is -1.83. The monoisotopic (exact) mass is 400 g/mol. The first-order valence-corrected chi connectivity index (χ1v) is 7.90. The summed E-state index contributed by atoms with van der Waals surface area (Å²) in [6.07, 6.45) is 0. The Balaban J connectivity index is 1.93. The van der Waals surface area contributed by atoms with Crippen LogP contribution in [0.25, 0.3) is 10.8 Å². The standard InChI is InChI=1S/C17H10Br2N2/c18-14-4-1-12-8-15(5-2-11(12)7-14)21-16-6-3-13(10-20)17(19)9-16/h1-9,21H. The van der Waals surface area contributed by atoms with Crippen molar-refractivity contribution in [3.05, 3.63) is 69.1 Å². The maximum atomic E-state index is 8.94. The molecule has 21 heavy (non-hydrogen) atoms. The molecule has 0 amide bonds. The molecule has 0 saturated heterocycles. The van der Waals surface area contributed by atoms with Crippen molar-refractivity contribution in [3.8, 4) is 6.07 Å². The van der Waals surface area contributed by atoms with Crippen LogP contribution in [-0.2, 0) is 0 Å². The smallest absolute Gasteiger partial charge is 0.100 e. The number of hydrogen-bond acceptors (Lipinski definition) is 2. The van der Waals surface area contributed by atoms with Gasteiger partial charge in [-0.1, -0.05) is 28.1 Å². The minimum Gasteiger partial charge on any atom is -0.355 e. The van der Waals surface area contributed by atoms with Crippen LogP contribution in [0.4, 0.5) is 11.4 Å². The average Bonchev–Trinajstić information content (AvgIpc) is 2.48. The first-order valence-electron chi connectivity index (χ1n) is 6.32. The second-order valence-electron chi connectivity index (χ2n) is 4.64. The van der Waals surface area contributed by atoms with Crippen molar-refractivity contribution in [2.24, 2.45) is 0 Å². The van der Waals surface area contributed by atoms with E-state index in [9.17, 15) is 0 Å². The van der Waals surface area contributed by atoms with Crippen LogP contribution < -0.4 is 5.32 Å². The SMILES string of the molecule is N#Cc1ccc(Nc2ccc3cc(Br)ccc3c2)cc1Br. The molecule has 3 aromatic carbocycles. The van der Waals surface area contributed by atoms with Crippen LogP contribution in [0.1, 0.15) is 5.56 Å². The van der Waals surface area contributed by atoms with Crippen molar-refractivity contribution in [2.75, 3.05) is 5.32 Å². The van der Waals surface area contributed by atoms with Gasteiger partial charge in [0.05, 0.1) is 5.56 Å². The van der Waals surface area contributed by atoms with Gasteiger partial charge in [0.2, 0.25) is 0 Å². The molecular weight excluding hydrogens is 392 g/mol. The molecule has 0 aromatic heterocycles. The van der Waals surface area contributed by atoms with Gasteiger partial charge in [-0.15, -0.1) is 0 Å². The number of nitrogens with one attached hydrogen (secondary N) is 1. The molecule has 3 aromatic rings. The Morgan fingerprint density at radius 2 is 1.48 bits per heavy atom. The van der Waals surface area contributed by atoms with Crippen LogP contribution in [0, 0.1) is 11.3 Å². The summed E-state index contributed by atoms with van der Waals surface area (Å²) in [5.41, 5.74) is 2.59. The molecule has 0 heterocycles. The van der Waals surface area contributed by atoms with Crippen molar-refractivity contribution in [1.29, 1.82) is 5.26 Å². The molecule has 2 nitrogen and oxygen atoms in total. The zero-order valence-electron chi connectivity index (χ0n) is 10.9. The topological polar surface area (TPSA) is 35.8 Å². The lowest BCUT2D eigenvalue weighted by atomic mass is 10.1. The second kappa shape index (κ2) is 5.88. The van der Waals surface area contributed by atoms with Crippen molar-refractivity contribution in [3.63, 3.8) is 0 Å². The zero-order chi connectivity index (χ0) is 14.8. The highest BCUT2D eigenvalue weighted by Crippen LogP contribution is 2.27. The van der Waals surface area contributed by atoms with Crippen LogP contribution in [0.5, 0.6) is 0 Å². The van der Waals surface area contributed by atoms with Crippen LogP contribution in [0.2, 0.25) is 0 Å². The Labute approximate surface area is 139 Å². The third kappa shape index (κ3) is 3.10. The van der Waals surface area contributed by atoms with Gasteiger partial charge < -0.3 is 5.32 Å². The Kier molecular flexibility index (Phi) is 3.96. The summed E-state index contributed by atoms with van der Waals surface area (Å²) in [5, 5.41) is 14.7. The minimum absolute atomic E-state index is 0.629.